The zero-order valence-electron chi connectivity index (χ0n) is 20.7. The molecule has 1 amide bonds. The van der Waals surface area contributed by atoms with E-state index in [1.54, 1.807) is 37.3 Å². The lowest BCUT2D eigenvalue weighted by atomic mass is 9.90. The summed E-state index contributed by atoms with van der Waals surface area (Å²) in [5, 5.41) is 11.8. The van der Waals surface area contributed by atoms with Crippen molar-refractivity contribution in [3.63, 3.8) is 0 Å². The summed E-state index contributed by atoms with van der Waals surface area (Å²) in [5.74, 6) is -4.74. The third-order valence-electron chi connectivity index (χ3n) is 7.19. The van der Waals surface area contributed by atoms with Gasteiger partial charge in [-0.05, 0) is 60.4 Å². The van der Waals surface area contributed by atoms with Gasteiger partial charge in [0, 0.05) is 30.1 Å². The van der Waals surface area contributed by atoms with E-state index in [1.165, 1.54) is 6.07 Å². The van der Waals surface area contributed by atoms with Crippen LogP contribution in [0, 0.1) is 12.8 Å². The van der Waals surface area contributed by atoms with E-state index in [4.69, 9.17) is 9.47 Å². The Hall–Kier alpha value is -3.64. The number of halogens is 5. The lowest BCUT2D eigenvalue weighted by molar-refractivity contribution is -0.141. The Morgan fingerprint density at radius 1 is 1.21 bits per heavy atom. The Bertz CT molecular complexity index is 1410. The van der Waals surface area contributed by atoms with Gasteiger partial charge in [0.05, 0.1) is 30.2 Å². The number of hydrogen-bond donors (Lipinski definition) is 2. The van der Waals surface area contributed by atoms with E-state index in [0.29, 0.717) is 17.2 Å². The van der Waals surface area contributed by atoms with E-state index < -0.39 is 35.0 Å². The first kappa shape index (κ1) is 26.9. The fraction of sp³-hybridized carbons (Fsp3) is 0.370. The predicted molar refractivity (Wildman–Crippen MR) is 130 cm³/mol. The molecule has 1 aliphatic heterocycles. The molecule has 12 heteroatoms. The number of hydrogen-bond acceptors (Lipinski definition) is 6. The van der Waals surface area contributed by atoms with Gasteiger partial charge in [0.15, 0.2) is 0 Å². The molecule has 2 aliphatic rings. The molecule has 5 rings (SSSR count). The van der Waals surface area contributed by atoms with Crippen LogP contribution in [-0.2, 0) is 16.3 Å². The first-order chi connectivity index (χ1) is 18.5. The van der Waals surface area contributed by atoms with Gasteiger partial charge in [-0.1, -0.05) is 6.07 Å². The van der Waals surface area contributed by atoms with Gasteiger partial charge in [-0.2, -0.15) is 13.2 Å². The number of rotatable bonds is 7. The van der Waals surface area contributed by atoms with Gasteiger partial charge in [-0.3, -0.25) is 9.78 Å². The number of carbonyl (C=O) groups is 1. The maximum Gasteiger partial charge on any atom is 0.433 e. The van der Waals surface area contributed by atoms with Gasteiger partial charge in [-0.15, -0.1) is 0 Å². The highest BCUT2D eigenvalue weighted by Crippen LogP contribution is 2.69. The van der Waals surface area contributed by atoms with Crippen LogP contribution in [0.25, 0.3) is 11.1 Å². The highest BCUT2D eigenvalue weighted by Gasteiger charge is 2.82. The number of nitrogens with one attached hydrogen (secondary N) is 1. The average Bonchev–Trinajstić information content (AvgIpc) is 3.44. The van der Waals surface area contributed by atoms with Crippen molar-refractivity contribution in [3.8, 4) is 17.0 Å². The summed E-state index contributed by atoms with van der Waals surface area (Å²) in [7, 11) is 0. The lowest BCUT2D eigenvalue weighted by Crippen LogP contribution is -2.25. The quantitative estimate of drug-likeness (QED) is 0.403. The summed E-state index contributed by atoms with van der Waals surface area (Å²) < 4.78 is 79.8. The number of fused-ring (bicyclic) bond motifs is 1. The first-order valence-corrected chi connectivity index (χ1v) is 12.1. The number of ether oxygens (including phenoxy) is 2. The molecule has 1 aromatic carbocycles. The summed E-state index contributed by atoms with van der Waals surface area (Å²) in [5.41, 5.74) is -0.682. The SMILES string of the molecule is Cc1ccc(NC(=O)c2ccnc(C(F)(F)F)c2)cc1-c1cc(OCCO)nc([C@]23CCOC[C@H]2C3(F)F)c1. The van der Waals surface area contributed by atoms with Crippen LogP contribution in [0.3, 0.4) is 0 Å². The highest BCUT2D eigenvalue weighted by molar-refractivity contribution is 6.04. The zero-order chi connectivity index (χ0) is 28.0. The standard InChI is InChI=1S/C27H24F5N3O4/c1-15-2-3-18(34-24(37)16-4-6-33-22(10-16)27(30,31)32)13-19(15)17-11-21(35-23(12-17)39-9-7-36)25-5-8-38-14-20(25)26(25,28)29/h2-4,6,10-13,20,36H,5,7-9,14H2,1H3,(H,34,37)/t20-,25+/m1/s1. The normalized spacial score (nSPS) is 21.7. The molecule has 3 aromatic rings. The molecule has 0 bridgehead atoms. The Balaban J connectivity index is 1.50. The monoisotopic (exact) mass is 549 g/mol. The summed E-state index contributed by atoms with van der Waals surface area (Å²) >= 11 is 0. The van der Waals surface area contributed by atoms with E-state index in [-0.39, 0.29) is 55.7 Å². The van der Waals surface area contributed by atoms with Crippen molar-refractivity contribution in [2.24, 2.45) is 5.92 Å². The van der Waals surface area contributed by atoms with E-state index in [1.807, 2.05) is 0 Å². The first-order valence-electron chi connectivity index (χ1n) is 12.1. The van der Waals surface area contributed by atoms with Crippen molar-refractivity contribution >= 4 is 11.6 Å². The van der Waals surface area contributed by atoms with Crippen molar-refractivity contribution in [2.75, 3.05) is 31.7 Å². The zero-order valence-corrected chi connectivity index (χ0v) is 20.7. The van der Waals surface area contributed by atoms with Gasteiger partial charge < -0.3 is 19.9 Å². The van der Waals surface area contributed by atoms with Crippen LogP contribution < -0.4 is 10.1 Å². The maximum atomic E-state index is 15.0. The second kappa shape index (κ2) is 9.83. The second-order valence-corrected chi connectivity index (χ2v) is 9.53. The van der Waals surface area contributed by atoms with Crippen molar-refractivity contribution in [1.82, 2.24) is 9.97 Å². The molecule has 39 heavy (non-hydrogen) atoms. The largest absolute Gasteiger partial charge is 0.475 e. The van der Waals surface area contributed by atoms with Crippen LogP contribution in [0.1, 0.15) is 33.7 Å². The van der Waals surface area contributed by atoms with Crippen LogP contribution in [0.4, 0.5) is 27.6 Å². The molecule has 2 aromatic heterocycles. The Morgan fingerprint density at radius 3 is 2.72 bits per heavy atom. The molecule has 1 saturated heterocycles. The van der Waals surface area contributed by atoms with Crippen LogP contribution in [0.5, 0.6) is 5.88 Å². The van der Waals surface area contributed by atoms with Crippen molar-refractivity contribution in [3.05, 3.63) is 71.2 Å². The number of aromatic nitrogens is 2. The van der Waals surface area contributed by atoms with Crippen molar-refractivity contribution < 1.29 is 41.3 Å². The van der Waals surface area contributed by atoms with Crippen LogP contribution in [-0.4, -0.2) is 53.3 Å². The smallest absolute Gasteiger partial charge is 0.433 e. The number of pyridine rings is 2. The predicted octanol–water partition coefficient (Wildman–Crippen LogP) is 5.02. The number of benzene rings is 1. The molecule has 2 atom stereocenters. The molecule has 2 fully saturated rings. The Morgan fingerprint density at radius 2 is 2.00 bits per heavy atom. The molecule has 0 radical (unpaired) electrons. The summed E-state index contributed by atoms with van der Waals surface area (Å²) in [6.45, 7) is 1.47. The maximum absolute atomic E-state index is 15.0. The third kappa shape index (κ3) is 4.82. The van der Waals surface area contributed by atoms with E-state index in [9.17, 15) is 31.9 Å². The molecule has 206 valence electrons. The van der Waals surface area contributed by atoms with E-state index >= 15 is 0 Å². The molecule has 7 nitrogen and oxygen atoms in total. The number of aliphatic hydroxyl groups excluding tert-OH is 1. The molecule has 1 aliphatic carbocycles. The number of anilines is 1. The number of amides is 1. The number of aliphatic hydroxyl groups is 1. The molecule has 2 N–H and O–H groups in total. The summed E-state index contributed by atoms with van der Waals surface area (Å²) in [6.07, 6.45) is -3.72. The van der Waals surface area contributed by atoms with Crippen molar-refractivity contribution in [1.29, 1.82) is 0 Å². The van der Waals surface area contributed by atoms with Crippen LogP contribution in [0.15, 0.2) is 48.7 Å². The minimum atomic E-state index is -4.70. The fourth-order valence-electron chi connectivity index (χ4n) is 5.09. The molecule has 3 heterocycles. The Kier molecular flexibility index (Phi) is 6.79. The van der Waals surface area contributed by atoms with Gasteiger partial charge in [0.1, 0.15) is 12.3 Å². The van der Waals surface area contributed by atoms with E-state index in [2.05, 4.69) is 15.3 Å². The lowest BCUT2D eigenvalue weighted by Gasteiger charge is -2.22. The van der Waals surface area contributed by atoms with Gasteiger partial charge in [0.25, 0.3) is 11.8 Å². The van der Waals surface area contributed by atoms with Gasteiger partial charge in [0.2, 0.25) is 5.88 Å². The number of aryl methyl sites for hydroxylation is 1. The van der Waals surface area contributed by atoms with Crippen LogP contribution >= 0.6 is 0 Å². The molecular formula is C27H24F5N3O4. The minimum Gasteiger partial charge on any atom is -0.475 e. The highest BCUT2D eigenvalue weighted by atomic mass is 19.4. The number of alkyl halides is 5. The van der Waals surface area contributed by atoms with Crippen molar-refractivity contribution in [2.45, 2.75) is 30.9 Å². The number of nitrogens with zero attached hydrogens (tertiary/aromatic N) is 2. The molecule has 1 saturated carbocycles. The molecule has 0 spiro atoms. The topological polar surface area (TPSA) is 93.6 Å². The fourth-order valence-corrected chi connectivity index (χ4v) is 5.09. The van der Waals surface area contributed by atoms with Gasteiger partial charge >= 0.3 is 6.18 Å². The van der Waals surface area contributed by atoms with E-state index in [0.717, 1.165) is 11.8 Å². The number of carbonyl (C=O) groups excluding carboxylic acids is 1. The second-order valence-electron chi connectivity index (χ2n) is 9.53. The molecule has 0 unspecified atom stereocenters. The summed E-state index contributed by atoms with van der Waals surface area (Å²) in [4.78, 5) is 20.3. The average molecular weight is 549 g/mol. The third-order valence-corrected chi connectivity index (χ3v) is 7.19. The van der Waals surface area contributed by atoms with Gasteiger partial charge in [-0.25, -0.2) is 13.8 Å². The van der Waals surface area contributed by atoms with Crippen LogP contribution in [0.2, 0.25) is 0 Å². The molecular weight excluding hydrogens is 525 g/mol. The minimum absolute atomic E-state index is 0.0594. The summed E-state index contributed by atoms with van der Waals surface area (Å²) in [6, 6.07) is 9.81. The Labute approximate surface area is 220 Å².